The fraction of sp³-hybridized carbons (Fsp3) is 0.448. The van der Waals surface area contributed by atoms with E-state index in [1.54, 1.807) is 58.0 Å². The van der Waals surface area contributed by atoms with Crippen LogP contribution in [0.2, 0.25) is 4.34 Å². The van der Waals surface area contributed by atoms with Crippen LogP contribution in [0.4, 0.5) is 5.69 Å². The predicted molar refractivity (Wildman–Crippen MR) is 170 cm³/mol. The first-order valence-corrected chi connectivity index (χ1v) is 15.5. The minimum atomic E-state index is -3.47. The third-order valence-electron chi connectivity index (χ3n) is 5.28. The second-order valence-corrected chi connectivity index (χ2v) is 12.0. The van der Waals surface area contributed by atoms with Gasteiger partial charge >= 0.3 is 5.97 Å². The molecular weight excluding hydrogens is 570 g/mol. The number of amides is 1. The summed E-state index contributed by atoms with van der Waals surface area (Å²) in [5.41, 5.74) is 1.69. The van der Waals surface area contributed by atoms with Crippen molar-refractivity contribution in [3.8, 4) is 0 Å². The molecule has 1 unspecified atom stereocenters. The lowest BCUT2D eigenvalue weighted by Crippen LogP contribution is -2.25. The van der Waals surface area contributed by atoms with Crippen molar-refractivity contribution < 1.29 is 22.7 Å². The number of allylic oxidation sites excluding steroid dienone is 3. The minimum absolute atomic E-state index is 0.284. The van der Waals surface area contributed by atoms with Gasteiger partial charge in [-0.05, 0) is 79.9 Å². The zero-order chi connectivity index (χ0) is 31.5. The highest BCUT2D eigenvalue weighted by atomic mass is 35.5. The third kappa shape index (κ3) is 14.1. The Kier molecular flexibility index (Phi) is 20.9. The molecule has 0 aliphatic carbocycles. The lowest BCUT2D eigenvalue weighted by Gasteiger charge is -2.19. The van der Waals surface area contributed by atoms with Gasteiger partial charge in [-0.3, -0.25) is 9.10 Å². The summed E-state index contributed by atoms with van der Waals surface area (Å²) in [7, 11) is 2.22. The van der Waals surface area contributed by atoms with Gasteiger partial charge in [0, 0.05) is 29.4 Å². The summed E-state index contributed by atoms with van der Waals surface area (Å²) >= 11 is 7.08. The van der Waals surface area contributed by atoms with Gasteiger partial charge in [0.15, 0.2) is 0 Å². The highest BCUT2D eigenvalue weighted by Crippen LogP contribution is 2.31. The molecule has 1 aromatic carbocycles. The van der Waals surface area contributed by atoms with Crippen molar-refractivity contribution >= 4 is 51.0 Å². The summed E-state index contributed by atoms with van der Waals surface area (Å²) in [6.45, 7) is 15.6. The number of thiophene rings is 1. The first-order chi connectivity index (χ1) is 18.8. The molecule has 0 aliphatic heterocycles. The van der Waals surface area contributed by atoms with E-state index in [4.69, 9.17) is 16.3 Å². The minimum Gasteiger partial charge on any atom is -0.462 e. The first kappa shape index (κ1) is 39.5. The van der Waals surface area contributed by atoms with Crippen LogP contribution >= 0.6 is 22.9 Å². The number of carbonyl (C=O) groups excluding carboxylic acids is 2. The van der Waals surface area contributed by atoms with Gasteiger partial charge in [0.2, 0.25) is 6.41 Å². The molecule has 0 saturated carbocycles. The number of rotatable bonds is 9. The maximum atomic E-state index is 12.2. The van der Waals surface area contributed by atoms with Gasteiger partial charge in [0.05, 0.1) is 16.5 Å². The van der Waals surface area contributed by atoms with Crippen LogP contribution in [0.1, 0.15) is 63.7 Å². The van der Waals surface area contributed by atoms with E-state index in [0.29, 0.717) is 45.2 Å². The van der Waals surface area contributed by atoms with Gasteiger partial charge in [-0.2, -0.15) is 0 Å². The van der Waals surface area contributed by atoms with Crippen molar-refractivity contribution in [2.75, 3.05) is 33.1 Å². The molecule has 1 N–H and O–H groups in total. The molecule has 0 aliphatic rings. The van der Waals surface area contributed by atoms with Crippen LogP contribution < -0.4 is 5.32 Å². The zero-order valence-corrected chi connectivity index (χ0v) is 28.0. The molecule has 1 atom stereocenters. The van der Waals surface area contributed by atoms with Crippen LogP contribution in [0.15, 0.2) is 59.2 Å². The van der Waals surface area contributed by atoms with Crippen molar-refractivity contribution in [2.45, 2.75) is 66.3 Å². The SMILES string of the molecule is C/C=C(\C)N(C)S(=O)(=O)c1cc(Cl)sc1C.C/C=C\C(C)N(C)C.CC.CCOC(=O)c1cccc(NC=O)c1. The normalized spacial score (nSPS) is 11.7. The van der Waals surface area contributed by atoms with Crippen LogP contribution in [0.25, 0.3) is 0 Å². The second kappa shape index (κ2) is 21.1. The van der Waals surface area contributed by atoms with Crippen LogP contribution in [0.3, 0.4) is 0 Å². The number of halogens is 1. The number of carbonyl (C=O) groups is 2. The summed E-state index contributed by atoms with van der Waals surface area (Å²) in [5.74, 6) is -0.387. The average Bonchev–Trinajstić information content (AvgIpc) is 3.28. The molecule has 2 aromatic rings. The van der Waals surface area contributed by atoms with Crippen molar-refractivity contribution in [1.29, 1.82) is 0 Å². The number of anilines is 1. The number of aryl methyl sites for hydroxylation is 1. The Morgan fingerprint density at radius 2 is 1.77 bits per heavy atom. The van der Waals surface area contributed by atoms with E-state index in [1.807, 2.05) is 20.8 Å². The lowest BCUT2D eigenvalue weighted by atomic mass is 10.2. The lowest BCUT2D eigenvalue weighted by molar-refractivity contribution is -0.105. The van der Waals surface area contributed by atoms with Gasteiger partial charge in [-0.1, -0.05) is 49.7 Å². The Balaban J connectivity index is 0. The topological polar surface area (TPSA) is 96.0 Å². The molecule has 0 radical (unpaired) electrons. The average molecular weight is 616 g/mol. The molecule has 226 valence electrons. The first-order valence-electron chi connectivity index (χ1n) is 12.9. The molecule has 0 saturated heterocycles. The quantitative estimate of drug-likeness (QED) is 0.182. The van der Waals surface area contributed by atoms with E-state index < -0.39 is 10.0 Å². The number of hydrogen-bond acceptors (Lipinski definition) is 7. The molecule has 11 heteroatoms. The third-order valence-corrected chi connectivity index (χ3v) is 8.58. The van der Waals surface area contributed by atoms with Gasteiger partial charge < -0.3 is 15.0 Å². The Morgan fingerprint density at radius 1 is 1.18 bits per heavy atom. The number of nitrogens with zero attached hydrogens (tertiary/aromatic N) is 2. The van der Waals surface area contributed by atoms with Crippen LogP contribution in [0, 0.1) is 6.92 Å². The number of benzene rings is 1. The standard InChI is InChI=1S/C10H14ClNO2S2.C10H11NO3.C7H15N.C2H6/c1-5-7(2)12(4)16(13,14)9-6-10(11)15-8(9)3;1-2-14-10(13)8-4-3-5-9(6-8)11-7-12;1-5-6-7(2)8(3)4;1-2/h5-6H,1-4H3;3-7H,2H2,1H3,(H,11,12);5-7H,1-4H3;1-2H3/b7-5+;;6-5-;. The van der Waals surface area contributed by atoms with E-state index in [9.17, 15) is 18.0 Å². The molecule has 1 aromatic heterocycles. The Bertz CT molecular complexity index is 1190. The largest absolute Gasteiger partial charge is 0.462 e. The number of esters is 1. The number of nitrogens with one attached hydrogen (secondary N) is 1. The molecule has 8 nitrogen and oxygen atoms in total. The summed E-state index contributed by atoms with van der Waals surface area (Å²) < 4.78 is 31.0. The molecule has 0 bridgehead atoms. The van der Waals surface area contributed by atoms with E-state index in [-0.39, 0.29) is 10.9 Å². The van der Waals surface area contributed by atoms with Crippen LogP contribution in [-0.4, -0.2) is 63.8 Å². The van der Waals surface area contributed by atoms with Crippen molar-refractivity contribution in [3.05, 3.63) is 69.0 Å². The smallest absolute Gasteiger partial charge is 0.338 e. The highest BCUT2D eigenvalue weighted by Gasteiger charge is 2.24. The van der Waals surface area contributed by atoms with E-state index in [2.05, 4.69) is 43.4 Å². The van der Waals surface area contributed by atoms with E-state index in [0.717, 1.165) is 0 Å². The number of ether oxygens (including phenoxy) is 1. The van der Waals surface area contributed by atoms with Gasteiger partial charge in [-0.25, -0.2) is 13.2 Å². The van der Waals surface area contributed by atoms with Crippen LogP contribution in [0.5, 0.6) is 0 Å². The molecular formula is C29H46ClN3O5S2. The maximum Gasteiger partial charge on any atom is 0.338 e. The molecule has 0 spiro atoms. The Hall–Kier alpha value is -2.66. The Morgan fingerprint density at radius 3 is 2.17 bits per heavy atom. The predicted octanol–water partition coefficient (Wildman–Crippen LogP) is 7.22. The fourth-order valence-electron chi connectivity index (χ4n) is 2.67. The van der Waals surface area contributed by atoms with Crippen molar-refractivity contribution in [3.63, 3.8) is 0 Å². The molecule has 1 heterocycles. The Labute approximate surface area is 250 Å². The monoisotopic (exact) mass is 615 g/mol. The number of sulfonamides is 1. The van der Waals surface area contributed by atoms with Gasteiger partial charge in [0.25, 0.3) is 10.0 Å². The number of likely N-dealkylation sites (N-methyl/N-ethyl adjacent to an activating group) is 1. The molecule has 40 heavy (non-hydrogen) atoms. The van der Waals surface area contributed by atoms with Crippen molar-refractivity contribution in [1.82, 2.24) is 9.21 Å². The summed E-state index contributed by atoms with van der Waals surface area (Å²) in [6, 6.07) is 8.63. The summed E-state index contributed by atoms with van der Waals surface area (Å²) in [4.78, 5) is 24.6. The summed E-state index contributed by atoms with van der Waals surface area (Å²) in [6.07, 6.45) is 6.55. The second-order valence-electron chi connectivity index (χ2n) is 8.17. The fourth-order valence-corrected chi connectivity index (χ4v) is 5.75. The van der Waals surface area contributed by atoms with Gasteiger partial charge in [-0.15, -0.1) is 11.3 Å². The molecule has 1 amide bonds. The zero-order valence-electron chi connectivity index (χ0n) is 25.6. The number of hydrogen-bond donors (Lipinski definition) is 1. The maximum absolute atomic E-state index is 12.2. The van der Waals surface area contributed by atoms with Gasteiger partial charge in [0.1, 0.15) is 4.90 Å². The van der Waals surface area contributed by atoms with E-state index >= 15 is 0 Å². The summed E-state index contributed by atoms with van der Waals surface area (Å²) in [5, 5.41) is 2.46. The van der Waals surface area contributed by atoms with Crippen molar-refractivity contribution in [2.24, 2.45) is 0 Å². The molecule has 2 rings (SSSR count). The highest BCUT2D eigenvalue weighted by molar-refractivity contribution is 7.89. The molecule has 0 fully saturated rings. The van der Waals surface area contributed by atoms with E-state index in [1.165, 1.54) is 28.8 Å². The van der Waals surface area contributed by atoms with Crippen LogP contribution in [-0.2, 0) is 19.6 Å².